The zero-order chi connectivity index (χ0) is 16.4. The fraction of sp³-hybridized carbons (Fsp3) is 0.0625. The average molecular weight is 328 g/mol. The van der Waals surface area contributed by atoms with E-state index in [1.165, 1.54) is 0 Å². The van der Waals surface area contributed by atoms with Crippen molar-refractivity contribution in [3.05, 3.63) is 76.3 Å². The van der Waals surface area contributed by atoms with Gasteiger partial charge in [0, 0.05) is 0 Å². The van der Waals surface area contributed by atoms with E-state index in [0.29, 0.717) is 10.9 Å². The van der Waals surface area contributed by atoms with Gasteiger partial charge in [0.2, 0.25) is 0 Å². The van der Waals surface area contributed by atoms with E-state index in [0.717, 1.165) is 6.07 Å². The molecule has 0 saturated carbocycles. The van der Waals surface area contributed by atoms with Gasteiger partial charge in [0.1, 0.15) is 0 Å². The van der Waals surface area contributed by atoms with Crippen molar-refractivity contribution < 1.29 is 13.3 Å². The van der Waals surface area contributed by atoms with E-state index in [1.807, 2.05) is 0 Å². The monoisotopic (exact) mass is 328 g/mol. The molecule has 0 N–H and O–H groups in total. The number of benzene rings is 2. The number of hydrogen-bond acceptors (Lipinski definition) is 5. The molecule has 0 radical (unpaired) electrons. The quantitative estimate of drug-likeness (QED) is 0.542. The molecule has 3 aromatic rings. The first-order chi connectivity index (χ1) is 11.0. The number of para-hydroxylation sites is 1. The minimum absolute atomic E-state index is 0.254. The van der Waals surface area contributed by atoms with Crippen LogP contribution < -0.4 is 0 Å². The van der Waals surface area contributed by atoms with Gasteiger partial charge in [-0.05, 0) is 17.7 Å². The van der Waals surface area contributed by atoms with Crippen LogP contribution in [-0.2, 0) is 15.6 Å². The fourth-order valence-corrected chi connectivity index (χ4v) is 3.62. The molecule has 0 spiro atoms. The predicted molar refractivity (Wildman–Crippen MR) is 85.7 cm³/mol. The Balaban J connectivity index is 2.14. The minimum atomic E-state index is -3.78. The third-order valence-electron chi connectivity index (χ3n) is 3.39. The maximum Gasteiger partial charge on any atom is 0.281 e. The Bertz CT molecular complexity index is 985. The smallest absolute Gasteiger partial charge is 0.258 e. The van der Waals surface area contributed by atoms with Crippen LogP contribution in [0.3, 0.4) is 0 Å². The molecule has 0 atom stereocenters. The Morgan fingerprint density at radius 2 is 1.65 bits per heavy atom. The van der Waals surface area contributed by atoms with E-state index in [1.54, 1.807) is 54.6 Å². The predicted octanol–water partition coefficient (Wildman–Crippen LogP) is 3.12. The van der Waals surface area contributed by atoms with Gasteiger partial charge in [-0.15, -0.1) is 0 Å². The van der Waals surface area contributed by atoms with Crippen LogP contribution in [0.15, 0.2) is 65.7 Å². The summed E-state index contributed by atoms with van der Waals surface area (Å²) < 4.78 is 25.1. The van der Waals surface area contributed by atoms with Crippen LogP contribution in [0.25, 0.3) is 10.9 Å². The fourth-order valence-electron chi connectivity index (χ4n) is 2.31. The first-order valence-corrected chi connectivity index (χ1v) is 8.43. The number of pyridine rings is 1. The Hall–Kier alpha value is -2.80. The lowest BCUT2D eigenvalue weighted by molar-refractivity contribution is -0.383. The average Bonchev–Trinajstić information content (AvgIpc) is 2.54. The number of rotatable bonds is 4. The molecular formula is C16H12N2O4S. The highest BCUT2D eigenvalue weighted by molar-refractivity contribution is 7.90. The van der Waals surface area contributed by atoms with Crippen molar-refractivity contribution in [2.75, 3.05) is 0 Å². The summed E-state index contributed by atoms with van der Waals surface area (Å²) in [4.78, 5) is 14.7. The van der Waals surface area contributed by atoms with E-state index in [4.69, 9.17) is 0 Å². The van der Waals surface area contributed by atoms with Gasteiger partial charge in [-0.1, -0.05) is 42.5 Å². The lowest BCUT2D eigenvalue weighted by atomic mass is 10.2. The van der Waals surface area contributed by atoms with Gasteiger partial charge in [-0.3, -0.25) is 10.1 Å². The lowest BCUT2D eigenvalue weighted by Gasteiger charge is -2.06. The topological polar surface area (TPSA) is 90.2 Å². The summed E-state index contributed by atoms with van der Waals surface area (Å²) in [7, 11) is -3.78. The van der Waals surface area contributed by atoms with Crippen molar-refractivity contribution in [1.29, 1.82) is 0 Å². The number of hydrogen-bond donors (Lipinski definition) is 0. The molecule has 0 saturated heterocycles. The molecule has 0 amide bonds. The van der Waals surface area contributed by atoms with Crippen LogP contribution in [0.2, 0.25) is 0 Å². The zero-order valence-electron chi connectivity index (χ0n) is 11.9. The molecule has 1 heterocycles. The molecule has 2 aromatic carbocycles. The summed E-state index contributed by atoms with van der Waals surface area (Å²) in [5.41, 5.74) is 0.626. The molecule has 116 valence electrons. The zero-order valence-corrected chi connectivity index (χ0v) is 12.7. The molecule has 7 heteroatoms. The molecule has 6 nitrogen and oxygen atoms in total. The third-order valence-corrected chi connectivity index (χ3v) is 4.95. The van der Waals surface area contributed by atoms with Gasteiger partial charge in [-0.2, -0.15) is 0 Å². The van der Waals surface area contributed by atoms with Crippen molar-refractivity contribution in [1.82, 2.24) is 4.98 Å². The molecule has 1 aromatic heterocycles. The minimum Gasteiger partial charge on any atom is -0.258 e. The van der Waals surface area contributed by atoms with Crippen molar-refractivity contribution in [2.45, 2.75) is 10.8 Å². The highest BCUT2D eigenvalue weighted by Crippen LogP contribution is 2.28. The summed E-state index contributed by atoms with van der Waals surface area (Å²) in [5, 5.41) is 11.3. The van der Waals surface area contributed by atoms with Crippen LogP contribution in [0.4, 0.5) is 5.69 Å². The maximum absolute atomic E-state index is 12.5. The Labute approximate surface area is 132 Å². The van der Waals surface area contributed by atoms with Crippen molar-refractivity contribution in [3.63, 3.8) is 0 Å². The van der Waals surface area contributed by atoms with Crippen LogP contribution in [0, 0.1) is 10.1 Å². The van der Waals surface area contributed by atoms with Crippen LogP contribution in [0.5, 0.6) is 0 Å². The first kappa shape index (κ1) is 15.1. The second-order valence-electron chi connectivity index (χ2n) is 5.00. The SMILES string of the molecule is O=[N+]([O-])c1cc(S(=O)(=O)Cc2ccccc2)nc2ccccc12. The second kappa shape index (κ2) is 5.77. The lowest BCUT2D eigenvalue weighted by Crippen LogP contribution is -2.08. The molecule has 0 bridgehead atoms. The van der Waals surface area contributed by atoms with E-state index in [9.17, 15) is 18.5 Å². The Morgan fingerprint density at radius 1 is 1.00 bits per heavy atom. The number of sulfone groups is 1. The van der Waals surface area contributed by atoms with Gasteiger partial charge in [0.05, 0.1) is 27.6 Å². The van der Waals surface area contributed by atoms with E-state index in [2.05, 4.69) is 4.98 Å². The second-order valence-corrected chi connectivity index (χ2v) is 6.94. The van der Waals surface area contributed by atoms with E-state index in [-0.39, 0.29) is 22.0 Å². The first-order valence-electron chi connectivity index (χ1n) is 6.78. The van der Waals surface area contributed by atoms with Crippen molar-refractivity contribution in [2.24, 2.45) is 0 Å². The molecule has 0 fully saturated rings. The van der Waals surface area contributed by atoms with Gasteiger partial charge >= 0.3 is 0 Å². The molecule has 3 rings (SSSR count). The van der Waals surface area contributed by atoms with Crippen LogP contribution in [-0.4, -0.2) is 18.3 Å². The highest BCUT2D eigenvalue weighted by atomic mass is 32.2. The number of aromatic nitrogens is 1. The number of nitrogens with zero attached hydrogens (tertiary/aromatic N) is 2. The molecule has 0 aliphatic carbocycles. The summed E-state index contributed by atoms with van der Waals surface area (Å²) >= 11 is 0. The highest BCUT2D eigenvalue weighted by Gasteiger charge is 2.23. The third kappa shape index (κ3) is 3.04. The number of fused-ring (bicyclic) bond motifs is 1. The molecule has 0 aliphatic rings. The van der Waals surface area contributed by atoms with Crippen LogP contribution >= 0.6 is 0 Å². The van der Waals surface area contributed by atoms with Gasteiger partial charge < -0.3 is 0 Å². The number of nitro groups is 1. The summed E-state index contributed by atoms with van der Waals surface area (Å²) in [5.74, 6) is -0.254. The van der Waals surface area contributed by atoms with Crippen LogP contribution in [0.1, 0.15) is 5.56 Å². The van der Waals surface area contributed by atoms with Gasteiger partial charge in [0.25, 0.3) is 5.69 Å². The summed E-state index contributed by atoms with van der Waals surface area (Å²) in [6.07, 6.45) is 0. The normalized spacial score (nSPS) is 11.5. The summed E-state index contributed by atoms with van der Waals surface area (Å²) in [6.45, 7) is 0. The Morgan fingerprint density at radius 3 is 2.35 bits per heavy atom. The molecular weight excluding hydrogens is 316 g/mol. The van der Waals surface area contributed by atoms with Crippen molar-refractivity contribution in [3.8, 4) is 0 Å². The van der Waals surface area contributed by atoms with E-state index < -0.39 is 14.8 Å². The Kier molecular flexibility index (Phi) is 3.79. The van der Waals surface area contributed by atoms with Gasteiger partial charge in [0.15, 0.2) is 14.9 Å². The molecule has 0 aliphatic heterocycles. The van der Waals surface area contributed by atoms with Gasteiger partial charge in [-0.25, -0.2) is 13.4 Å². The molecule has 23 heavy (non-hydrogen) atoms. The van der Waals surface area contributed by atoms with Crippen molar-refractivity contribution >= 4 is 26.4 Å². The maximum atomic E-state index is 12.5. The summed E-state index contributed by atoms with van der Waals surface area (Å²) in [6, 6.07) is 16.1. The standard InChI is InChI=1S/C16H12N2O4S/c19-18(20)15-10-16(17-14-9-5-4-8-13(14)15)23(21,22)11-12-6-2-1-3-7-12/h1-10H,11H2. The van der Waals surface area contributed by atoms with E-state index >= 15 is 0 Å². The largest absolute Gasteiger partial charge is 0.281 e. The molecule has 0 unspecified atom stereocenters.